The quantitative estimate of drug-likeness (QED) is 0.775. The van der Waals surface area contributed by atoms with Crippen LogP contribution in [0, 0.1) is 0 Å². The van der Waals surface area contributed by atoms with E-state index < -0.39 is 0 Å². The molecule has 0 saturated carbocycles. The number of aromatic nitrogens is 2. The fourth-order valence-electron chi connectivity index (χ4n) is 2.61. The van der Waals surface area contributed by atoms with Crippen molar-refractivity contribution < 1.29 is 9.47 Å². The first kappa shape index (κ1) is 14.3. The van der Waals surface area contributed by atoms with Crippen molar-refractivity contribution in [3.63, 3.8) is 0 Å². The number of nitrogens with zero attached hydrogens (tertiary/aromatic N) is 2. The van der Waals surface area contributed by atoms with Crippen molar-refractivity contribution in [1.29, 1.82) is 0 Å². The zero-order valence-corrected chi connectivity index (χ0v) is 13.7. The normalized spacial score (nSPS) is 12.7. The molecule has 3 aromatic rings. The molecule has 2 aromatic heterocycles. The van der Waals surface area contributed by atoms with Gasteiger partial charge in [0.15, 0.2) is 11.5 Å². The Bertz CT molecular complexity index is 847. The van der Waals surface area contributed by atoms with E-state index in [0.29, 0.717) is 6.79 Å². The summed E-state index contributed by atoms with van der Waals surface area (Å²) in [6, 6.07) is 8.16. The number of hydrogen-bond donors (Lipinski definition) is 1. The first-order chi connectivity index (χ1) is 11.3. The van der Waals surface area contributed by atoms with E-state index in [4.69, 9.17) is 9.47 Å². The zero-order chi connectivity index (χ0) is 15.6. The molecule has 0 amide bonds. The van der Waals surface area contributed by atoms with Crippen LogP contribution in [0.25, 0.3) is 10.2 Å². The van der Waals surface area contributed by atoms with Crippen LogP contribution in [0.2, 0.25) is 0 Å². The third-order valence-electron chi connectivity index (χ3n) is 3.83. The molecule has 118 valence electrons. The predicted molar refractivity (Wildman–Crippen MR) is 91.6 cm³/mol. The van der Waals surface area contributed by atoms with Gasteiger partial charge in [-0.05, 0) is 35.6 Å². The fraction of sp³-hybridized carbons (Fsp3) is 0.294. The topological polar surface area (TPSA) is 56.3 Å². The summed E-state index contributed by atoms with van der Waals surface area (Å²) in [5, 5.41) is 6.60. The second-order valence-electron chi connectivity index (χ2n) is 5.35. The van der Waals surface area contributed by atoms with E-state index in [2.05, 4.69) is 39.7 Å². The Balaban J connectivity index is 1.48. The van der Waals surface area contributed by atoms with Crippen LogP contribution in [0.3, 0.4) is 0 Å². The SMILES string of the molecule is CCc1nc(NCCc2ccc3c(c2)OCO3)c2ccsc2n1. The molecule has 23 heavy (non-hydrogen) atoms. The highest BCUT2D eigenvalue weighted by Gasteiger charge is 2.13. The lowest BCUT2D eigenvalue weighted by Gasteiger charge is -2.09. The summed E-state index contributed by atoms with van der Waals surface area (Å²) in [6.07, 6.45) is 1.73. The molecular formula is C17H17N3O2S. The highest BCUT2D eigenvalue weighted by molar-refractivity contribution is 7.16. The van der Waals surface area contributed by atoms with Crippen molar-refractivity contribution in [2.75, 3.05) is 18.7 Å². The van der Waals surface area contributed by atoms with Crippen molar-refractivity contribution in [3.05, 3.63) is 41.0 Å². The number of thiophene rings is 1. The summed E-state index contributed by atoms with van der Waals surface area (Å²) in [6.45, 7) is 3.20. The van der Waals surface area contributed by atoms with E-state index in [1.807, 2.05) is 12.1 Å². The Morgan fingerprint density at radius 3 is 3.00 bits per heavy atom. The van der Waals surface area contributed by atoms with Gasteiger partial charge >= 0.3 is 0 Å². The number of nitrogens with one attached hydrogen (secondary N) is 1. The summed E-state index contributed by atoms with van der Waals surface area (Å²) in [5.41, 5.74) is 1.22. The highest BCUT2D eigenvalue weighted by atomic mass is 32.1. The highest BCUT2D eigenvalue weighted by Crippen LogP contribution is 2.32. The van der Waals surface area contributed by atoms with Crippen molar-refractivity contribution >= 4 is 27.4 Å². The Labute approximate surface area is 138 Å². The average Bonchev–Trinajstić information content (AvgIpc) is 3.22. The molecule has 0 aliphatic carbocycles. The van der Waals surface area contributed by atoms with Gasteiger partial charge in [0, 0.05) is 13.0 Å². The van der Waals surface area contributed by atoms with Gasteiger partial charge in [0.2, 0.25) is 6.79 Å². The van der Waals surface area contributed by atoms with Crippen molar-refractivity contribution in [1.82, 2.24) is 9.97 Å². The zero-order valence-electron chi connectivity index (χ0n) is 12.8. The number of aryl methyl sites for hydroxylation is 1. The Morgan fingerprint density at radius 2 is 2.09 bits per heavy atom. The van der Waals surface area contributed by atoms with E-state index in [-0.39, 0.29) is 0 Å². The van der Waals surface area contributed by atoms with Crippen LogP contribution in [0.4, 0.5) is 5.82 Å². The lowest BCUT2D eigenvalue weighted by atomic mass is 10.1. The van der Waals surface area contributed by atoms with Crippen LogP contribution < -0.4 is 14.8 Å². The Kier molecular flexibility index (Phi) is 3.75. The predicted octanol–water partition coefficient (Wildman–Crippen LogP) is 3.64. The molecule has 3 heterocycles. The summed E-state index contributed by atoms with van der Waals surface area (Å²) in [4.78, 5) is 10.2. The summed E-state index contributed by atoms with van der Waals surface area (Å²) in [7, 11) is 0. The summed E-state index contributed by atoms with van der Waals surface area (Å²) >= 11 is 1.65. The second-order valence-corrected chi connectivity index (χ2v) is 6.24. The number of benzene rings is 1. The molecule has 1 aromatic carbocycles. The van der Waals surface area contributed by atoms with E-state index in [0.717, 1.165) is 52.7 Å². The molecule has 1 aliphatic rings. The molecule has 1 aliphatic heterocycles. The van der Waals surface area contributed by atoms with E-state index in [9.17, 15) is 0 Å². The lowest BCUT2D eigenvalue weighted by molar-refractivity contribution is 0.174. The number of ether oxygens (including phenoxy) is 2. The third-order valence-corrected chi connectivity index (χ3v) is 4.64. The van der Waals surface area contributed by atoms with Gasteiger partial charge in [-0.15, -0.1) is 11.3 Å². The van der Waals surface area contributed by atoms with Crippen LogP contribution in [0.1, 0.15) is 18.3 Å². The van der Waals surface area contributed by atoms with Gasteiger partial charge in [-0.1, -0.05) is 13.0 Å². The molecule has 1 N–H and O–H groups in total. The van der Waals surface area contributed by atoms with Gasteiger partial charge in [-0.2, -0.15) is 0 Å². The molecule has 5 nitrogen and oxygen atoms in total. The molecule has 0 radical (unpaired) electrons. The van der Waals surface area contributed by atoms with Gasteiger partial charge in [-0.3, -0.25) is 0 Å². The standard InChI is InChI=1S/C17H17N3O2S/c1-2-15-19-16(12-6-8-23-17(12)20-15)18-7-5-11-3-4-13-14(9-11)22-10-21-13/h3-4,6,8-9H,2,5,7,10H2,1H3,(H,18,19,20). The molecule has 0 bridgehead atoms. The number of fused-ring (bicyclic) bond motifs is 2. The van der Waals surface area contributed by atoms with Gasteiger partial charge in [-0.25, -0.2) is 9.97 Å². The fourth-order valence-corrected chi connectivity index (χ4v) is 3.40. The second kappa shape index (κ2) is 6.04. The Morgan fingerprint density at radius 1 is 1.17 bits per heavy atom. The minimum Gasteiger partial charge on any atom is -0.454 e. The van der Waals surface area contributed by atoms with Crippen LogP contribution in [-0.4, -0.2) is 23.3 Å². The van der Waals surface area contributed by atoms with Crippen LogP contribution in [0.15, 0.2) is 29.6 Å². The molecule has 0 saturated heterocycles. The van der Waals surface area contributed by atoms with Crippen molar-refractivity contribution in [2.45, 2.75) is 19.8 Å². The van der Waals surface area contributed by atoms with Crippen LogP contribution in [-0.2, 0) is 12.8 Å². The molecule has 0 fully saturated rings. The molecule has 0 spiro atoms. The van der Waals surface area contributed by atoms with Gasteiger partial charge < -0.3 is 14.8 Å². The maximum atomic E-state index is 5.42. The molecular weight excluding hydrogens is 310 g/mol. The molecule has 0 atom stereocenters. The largest absolute Gasteiger partial charge is 0.454 e. The number of hydrogen-bond acceptors (Lipinski definition) is 6. The first-order valence-corrected chi connectivity index (χ1v) is 8.58. The third kappa shape index (κ3) is 2.82. The first-order valence-electron chi connectivity index (χ1n) is 7.70. The summed E-state index contributed by atoms with van der Waals surface area (Å²) in [5.74, 6) is 3.46. The summed E-state index contributed by atoms with van der Waals surface area (Å²) < 4.78 is 10.8. The van der Waals surface area contributed by atoms with Crippen LogP contribution >= 0.6 is 11.3 Å². The smallest absolute Gasteiger partial charge is 0.231 e. The van der Waals surface area contributed by atoms with E-state index in [1.165, 1.54) is 5.56 Å². The minimum atomic E-state index is 0.313. The van der Waals surface area contributed by atoms with Crippen molar-refractivity contribution in [2.24, 2.45) is 0 Å². The minimum absolute atomic E-state index is 0.313. The van der Waals surface area contributed by atoms with Gasteiger partial charge in [0.25, 0.3) is 0 Å². The maximum Gasteiger partial charge on any atom is 0.231 e. The van der Waals surface area contributed by atoms with E-state index >= 15 is 0 Å². The van der Waals surface area contributed by atoms with Crippen LogP contribution in [0.5, 0.6) is 11.5 Å². The number of anilines is 1. The van der Waals surface area contributed by atoms with Crippen molar-refractivity contribution in [3.8, 4) is 11.5 Å². The molecule has 0 unspecified atom stereocenters. The molecule has 4 rings (SSSR count). The van der Waals surface area contributed by atoms with Gasteiger partial charge in [0.1, 0.15) is 16.5 Å². The monoisotopic (exact) mass is 327 g/mol. The van der Waals surface area contributed by atoms with E-state index in [1.54, 1.807) is 11.3 Å². The number of rotatable bonds is 5. The maximum absolute atomic E-state index is 5.42. The Hall–Kier alpha value is -2.34. The lowest BCUT2D eigenvalue weighted by Crippen LogP contribution is -2.08. The molecule has 6 heteroatoms. The average molecular weight is 327 g/mol. The van der Waals surface area contributed by atoms with Gasteiger partial charge in [0.05, 0.1) is 5.39 Å².